The van der Waals surface area contributed by atoms with E-state index >= 15 is 0 Å². The molecule has 0 aliphatic heterocycles. The van der Waals surface area contributed by atoms with Crippen molar-refractivity contribution in [2.45, 2.75) is 44.9 Å². The number of halogens is 3. The summed E-state index contributed by atoms with van der Waals surface area (Å²) in [5.41, 5.74) is 0. The van der Waals surface area contributed by atoms with Gasteiger partial charge in [-0.05, 0) is 19.8 Å². The summed E-state index contributed by atoms with van der Waals surface area (Å²) in [5.74, 6) is -0.0429. The first-order valence-electron chi connectivity index (χ1n) is 6.62. The highest BCUT2D eigenvalue weighted by atomic mass is 19.4. The Balaban J connectivity index is 2.37. The topological polar surface area (TPSA) is 50.4 Å². The third-order valence-electron chi connectivity index (χ3n) is 3.16. The number of carbonyl (C=O) groups is 1. The summed E-state index contributed by atoms with van der Waals surface area (Å²) >= 11 is 0. The van der Waals surface area contributed by atoms with Gasteiger partial charge in [-0.3, -0.25) is 0 Å². The maximum absolute atomic E-state index is 12.1. The highest BCUT2D eigenvalue weighted by molar-refractivity contribution is 5.73. The normalized spacial score (nSPS) is 24.0. The van der Waals surface area contributed by atoms with Crippen molar-refractivity contribution in [1.82, 2.24) is 10.6 Å². The SMILES string of the molecule is CCNC(=O)NC[C@H]1CCCC[C@@H]1OCC(F)(F)F. The van der Waals surface area contributed by atoms with Crippen LogP contribution in [0, 0.1) is 5.92 Å². The minimum atomic E-state index is -4.30. The second-order valence-electron chi connectivity index (χ2n) is 4.75. The minimum Gasteiger partial charge on any atom is -0.368 e. The second kappa shape index (κ2) is 7.57. The molecular weight excluding hydrogens is 261 g/mol. The summed E-state index contributed by atoms with van der Waals surface area (Å²) in [7, 11) is 0. The Bertz CT molecular complexity index is 285. The Morgan fingerprint density at radius 1 is 1.26 bits per heavy atom. The lowest BCUT2D eigenvalue weighted by Crippen LogP contribution is -2.42. The quantitative estimate of drug-likeness (QED) is 0.813. The maximum atomic E-state index is 12.1. The van der Waals surface area contributed by atoms with Crippen LogP contribution in [0.25, 0.3) is 0 Å². The van der Waals surface area contributed by atoms with Gasteiger partial charge in [0, 0.05) is 19.0 Å². The number of ether oxygens (including phenoxy) is 1. The van der Waals surface area contributed by atoms with Gasteiger partial charge in [-0.25, -0.2) is 4.79 Å². The molecule has 0 saturated heterocycles. The number of hydrogen-bond acceptors (Lipinski definition) is 2. The van der Waals surface area contributed by atoms with E-state index in [1.165, 1.54) is 0 Å². The number of alkyl halides is 3. The van der Waals surface area contributed by atoms with Crippen molar-refractivity contribution in [3.05, 3.63) is 0 Å². The zero-order valence-electron chi connectivity index (χ0n) is 11.1. The molecule has 2 amide bonds. The number of amides is 2. The van der Waals surface area contributed by atoms with Gasteiger partial charge in [-0.15, -0.1) is 0 Å². The minimum absolute atomic E-state index is 0.0429. The highest BCUT2D eigenvalue weighted by Crippen LogP contribution is 2.28. The van der Waals surface area contributed by atoms with Crippen molar-refractivity contribution in [3.8, 4) is 0 Å². The van der Waals surface area contributed by atoms with E-state index in [-0.39, 0.29) is 11.9 Å². The van der Waals surface area contributed by atoms with Gasteiger partial charge in [0.1, 0.15) is 6.61 Å². The van der Waals surface area contributed by atoms with Crippen LogP contribution in [-0.4, -0.2) is 38.0 Å². The van der Waals surface area contributed by atoms with E-state index in [0.29, 0.717) is 19.5 Å². The summed E-state index contributed by atoms with van der Waals surface area (Å²) in [5, 5.41) is 5.25. The lowest BCUT2D eigenvalue weighted by atomic mass is 9.86. The Kier molecular flexibility index (Phi) is 6.41. The Morgan fingerprint density at radius 3 is 2.58 bits per heavy atom. The van der Waals surface area contributed by atoms with Crippen molar-refractivity contribution in [2.75, 3.05) is 19.7 Å². The van der Waals surface area contributed by atoms with Crippen molar-refractivity contribution in [3.63, 3.8) is 0 Å². The van der Waals surface area contributed by atoms with Gasteiger partial charge in [0.15, 0.2) is 0 Å². The summed E-state index contributed by atoms with van der Waals surface area (Å²) in [6.45, 7) is 1.46. The molecule has 0 spiro atoms. The first-order chi connectivity index (χ1) is 8.92. The predicted octanol–water partition coefficient (Wildman–Crippen LogP) is 2.44. The van der Waals surface area contributed by atoms with E-state index in [2.05, 4.69) is 10.6 Å². The molecule has 0 bridgehead atoms. The van der Waals surface area contributed by atoms with E-state index in [1.807, 2.05) is 0 Å². The third-order valence-corrected chi connectivity index (χ3v) is 3.16. The Hall–Kier alpha value is -0.980. The first-order valence-corrected chi connectivity index (χ1v) is 6.62. The van der Waals surface area contributed by atoms with Crippen LogP contribution < -0.4 is 10.6 Å². The highest BCUT2D eigenvalue weighted by Gasteiger charge is 2.33. The van der Waals surface area contributed by atoms with Gasteiger partial charge in [0.25, 0.3) is 0 Å². The molecule has 19 heavy (non-hydrogen) atoms. The molecule has 0 radical (unpaired) electrons. The van der Waals surface area contributed by atoms with E-state index in [4.69, 9.17) is 4.74 Å². The molecule has 0 aromatic carbocycles. The van der Waals surface area contributed by atoms with E-state index in [9.17, 15) is 18.0 Å². The molecule has 112 valence electrons. The lowest BCUT2D eigenvalue weighted by molar-refractivity contribution is -0.193. The molecule has 7 heteroatoms. The molecule has 1 aliphatic rings. The standard InChI is InChI=1S/C12H21F3N2O2/c1-2-16-11(18)17-7-9-5-3-4-6-10(9)19-8-12(13,14)15/h9-10H,2-8H2,1H3,(H2,16,17,18)/t9-,10+/m1/s1. The number of urea groups is 1. The zero-order chi connectivity index (χ0) is 14.3. The van der Waals surface area contributed by atoms with E-state index in [1.54, 1.807) is 6.92 Å². The van der Waals surface area contributed by atoms with Gasteiger partial charge in [-0.2, -0.15) is 13.2 Å². The van der Waals surface area contributed by atoms with Crippen LogP contribution in [0.4, 0.5) is 18.0 Å². The monoisotopic (exact) mass is 282 g/mol. The van der Waals surface area contributed by atoms with E-state index < -0.39 is 18.9 Å². The summed E-state index contributed by atoms with van der Waals surface area (Å²) < 4.78 is 41.4. The van der Waals surface area contributed by atoms with Crippen LogP contribution in [0.1, 0.15) is 32.6 Å². The number of carbonyl (C=O) groups excluding carboxylic acids is 1. The molecule has 2 atom stereocenters. The van der Waals surface area contributed by atoms with Crippen molar-refractivity contribution >= 4 is 6.03 Å². The third kappa shape index (κ3) is 6.66. The Labute approximate surface area is 111 Å². The summed E-state index contributed by atoms with van der Waals surface area (Å²) in [6.07, 6.45) is -1.47. The molecule has 4 nitrogen and oxygen atoms in total. The largest absolute Gasteiger partial charge is 0.411 e. The van der Waals surface area contributed by atoms with Crippen LogP contribution >= 0.6 is 0 Å². The molecule has 0 aromatic heterocycles. The predicted molar refractivity (Wildman–Crippen MR) is 64.8 cm³/mol. The fourth-order valence-electron chi connectivity index (χ4n) is 2.27. The summed E-state index contributed by atoms with van der Waals surface area (Å²) in [4.78, 5) is 11.3. The summed E-state index contributed by atoms with van der Waals surface area (Å²) in [6, 6.07) is -0.289. The van der Waals surface area contributed by atoms with Crippen LogP contribution in [0.2, 0.25) is 0 Å². The molecule has 0 unspecified atom stereocenters. The molecule has 0 aromatic rings. The van der Waals surface area contributed by atoms with Crippen LogP contribution in [-0.2, 0) is 4.74 Å². The molecule has 1 aliphatic carbocycles. The van der Waals surface area contributed by atoms with Crippen LogP contribution in [0.3, 0.4) is 0 Å². The molecule has 1 rings (SSSR count). The lowest BCUT2D eigenvalue weighted by Gasteiger charge is -2.31. The average Bonchev–Trinajstić information content (AvgIpc) is 2.34. The van der Waals surface area contributed by atoms with Crippen molar-refractivity contribution in [2.24, 2.45) is 5.92 Å². The number of hydrogen-bond donors (Lipinski definition) is 2. The molecule has 0 heterocycles. The first kappa shape index (κ1) is 16.1. The van der Waals surface area contributed by atoms with Crippen LogP contribution in [0.15, 0.2) is 0 Å². The number of rotatable bonds is 5. The van der Waals surface area contributed by atoms with Crippen LogP contribution in [0.5, 0.6) is 0 Å². The zero-order valence-corrected chi connectivity index (χ0v) is 11.1. The van der Waals surface area contributed by atoms with Crippen molar-refractivity contribution < 1.29 is 22.7 Å². The van der Waals surface area contributed by atoms with Gasteiger partial charge in [-0.1, -0.05) is 12.8 Å². The smallest absolute Gasteiger partial charge is 0.368 e. The van der Waals surface area contributed by atoms with Gasteiger partial charge in [0.2, 0.25) is 0 Å². The number of nitrogens with one attached hydrogen (secondary N) is 2. The second-order valence-corrected chi connectivity index (χ2v) is 4.75. The van der Waals surface area contributed by atoms with E-state index in [0.717, 1.165) is 19.3 Å². The fraction of sp³-hybridized carbons (Fsp3) is 0.917. The molecule has 1 saturated carbocycles. The van der Waals surface area contributed by atoms with Gasteiger partial charge >= 0.3 is 12.2 Å². The van der Waals surface area contributed by atoms with Gasteiger partial charge in [0.05, 0.1) is 6.10 Å². The Morgan fingerprint density at radius 2 is 1.95 bits per heavy atom. The molecule has 2 N–H and O–H groups in total. The molecular formula is C12H21F3N2O2. The van der Waals surface area contributed by atoms with Crippen molar-refractivity contribution in [1.29, 1.82) is 0 Å². The maximum Gasteiger partial charge on any atom is 0.411 e. The molecule has 1 fully saturated rings. The fourth-order valence-corrected chi connectivity index (χ4v) is 2.27. The van der Waals surface area contributed by atoms with Gasteiger partial charge < -0.3 is 15.4 Å². The average molecular weight is 282 g/mol.